The fraction of sp³-hybridized carbons (Fsp3) is 0.0909. The Morgan fingerprint density at radius 2 is 2.23 bits per heavy atom. The standard InChI is InChI=1S/C11H9NS/c13-11-7-2-1-5-9(11)10-6-3-4-8-12-10/h1-6,8H,7H2. The second-order valence-electron chi connectivity index (χ2n) is 2.85. The molecule has 0 aromatic carbocycles. The molecule has 2 rings (SSSR count). The molecule has 13 heavy (non-hydrogen) atoms. The average Bonchev–Trinajstić information content (AvgIpc) is 2.20. The first kappa shape index (κ1) is 8.32. The van der Waals surface area contributed by atoms with E-state index < -0.39 is 0 Å². The normalized spacial score (nSPS) is 15.7. The number of aromatic nitrogens is 1. The van der Waals surface area contributed by atoms with E-state index in [2.05, 4.69) is 11.1 Å². The molecular weight excluding hydrogens is 178 g/mol. The molecule has 64 valence electrons. The highest BCUT2D eigenvalue weighted by molar-refractivity contribution is 7.81. The van der Waals surface area contributed by atoms with Crippen molar-refractivity contribution in [2.24, 2.45) is 0 Å². The van der Waals surface area contributed by atoms with Crippen LogP contribution in [-0.2, 0) is 0 Å². The first-order chi connectivity index (χ1) is 6.38. The second kappa shape index (κ2) is 3.62. The summed E-state index contributed by atoms with van der Waals surface area (Å²) in [5, 5.41) is 0. The molecule has 1 aliphatic carbocycles. The van der Waals surface area contributed by atoms with Crippen LogP contribution in [0.15, 0.2) is 42.6 Å². The van der Waals surface area contributed by atoms with Gasteiger partial charge in [-0.05, 0) is 12.1 Å². The van der Waals surface area contributed by atoms with Gasteiger partial charge < -0.3 is 0 Å². The van der Waals surface area contributed by atoms with Crippen LogP contribution < -0.4 is 0 Å². The van der Waals surface area contributed by atoms with Crippen LogP contribution in [0.4, 0.5) is 0 Å². The lowest BCUT2D eigenvalue weighted by molar-refractivity contribution is 1.28. The minimum absolute atomic E-state index is 0.859. The number of allylic oxidation sites excluding steroid dienone is 4. The first-order valence-corrected chi connectivity index (χ1v) is 4.60. The number of nitrogens with zero attached hydrogens (tertiary/aromatic N) is 1. The van der Waals surface area contributed by atoms with Gasteiger partial charge in [-0.3, -0.25) is 4.98 Å². The van der Waals surface area contributed by atoms with Crippen LogP contribution >= 0.6 is 12.2 Å². The van der Waals surface area contributed by atoms with Crippen LogP contribution in [-0.4, -0.2) is 9.85 Å². The molecule has 1 nitrogen and oxygen atoms in total. The highest BCUT2D eigenvalue weighted by Gasteiger charge is 2.08. The minimum Gasteiger partial charge on any atom is -0.256 e. The summed E-state index contributed by atoms with van der Waals surface area (Å²) < 4.78 is 0. The summed E-state index contributed by atoms with van der Waals surface area (Å²) >= 11 is 5.25. The number of rotatable bonds is 1. The zero-order valence-corrected chi connectivity index (χ0v) is 7.92. The van der Waals surface area contributed by atoms with Crippen molar-refractivity contribution in [2.45, 2.75) is 6.42 Å². The summed E-state index contributed by atoms with van der Waals surface area (Å²) in [5.41, 5.74) is 2.05. The Hall–Kier alpha value is -1.28. The van der Waals surface area contributed by atoms with E-state index in [-0.39, 0.29) is 0 Å². The molecule has 0 bridgehead atoms. The SMILES string of the molecule is S=C1CC=CC=C1c1ccccn1. The van der Waals surface area contributed by atoms with Crippen LogP contribution in [0.25, 0.3) is 5.57 Å². The molecular formula is C11H9NS. The Balaban J connectivity index is 2.41. The van der Waals surface area contributed by atoms with E-state index in [1.54, 1.807) is 6.20 Å². The molecule has 0 N–H and O–H groups in total. The molecule has 0 saturated carbocycles. The molecule has 0 atom stereocenters. The van der Waals surface area contributed by atoms with Gasteiger partial charge in [0.05, 0.1) is 5.69 Å². The van der Waals surface area contributed by atoms with Crippen molar-refractivity contribution >= 4 is 22.7 Å². The van der Waals surface area contributed by atoms with Crippen molar-refractivity contribution < 1.29 is 0 Å². The monoisotopic (exact) mass is 187 g/mol. The molecule has 2 heteroatoms. The van der Waals surface area contributed by atoms with Crippen LogP contribution in [0.1, 0.15) is 12.1 Å². The fourth-order valence-corrected chi connectivity index (χ4v) is 1.56. The predicted octanol–water partition coefficient (Wildman–Crippen LogP) is 2.79. The average molecular weight is 187 g/mol. The molecule has 1 aromatic heterocycles. The lowest BCUT2D eigenvalue weighted by atomic mass is 10.0. The number of thiocarbonyl (C=S) groups is 1. The highest BCUT2D eigenvalue weighted by atomic mass is 32.1. The van der Waals surface area contributed by atoms with E-state index in [0.717, 1.165) is 22.6 Å². The number of hydrogen-bond acceptors (Lipinski definition) is 2. The summed E-state index contributed by atoms with van der Waals surface area (Å²) in [6, 6.07) is 5.87. The van der Waals surface area contributed by atoms with E-state index in [9.17, 15) is 0 Å². The summed E-state index contributed by atoms with van der Waals surface area (Å²) in [7, 11) is 0. The van der Waals surface area contributed by atoms with Gasteiger partial charge in [-0.1, -0.05) is 36.5 Å². The second-order valence-corrected chi connectivity index (χ2v) is 3.34. The third kappa shape index (κ3) is 1.73. The fourth-order valence-electron chi connectivity index (χ4n) is 1.29. The Kier molecular flexibility index (Phi) is 2.32. The molecule has 0 radical (unpaired) electrons. The summed E-state index contributed by atoms with van der Waals surface area (Å²) in [5.74, 6) is 0. The summed E-state index contributed by atoms with van der Waals surface area (Å²) in [4.78, 5) is 5.24. The number of hydrogen-bond donors (Lipinski definition) is 0. The molecule has 0 fully saturated rings. The van der Waals surface area contributed by atoms with Gasteiger partial charge in [0.2, 0.25) is 0 Å². The van der Waals surface area contributed by atoms with Gasteiger partial charge in [-0.15, -0.1) is 0 Å². The smallest absolute Gasteiger partial charge is 0.0713 e. The third-order valence-electron chi connectivity index (χ3n) is 1.94. The van der Waals surface area contributed by atoms with Crippen LogP contribution in [0, 0.1) is 0 Å². The van der Waals surface area contributed by atoms with E-state index in [4.69, 9.17) is 12.2 Å². The molecule has 0 unspecified atom stereocenters. The Labute approximate surface area is 82.8 Å². The van der Waals surface area contributed by atoms with Gasteiger partial charge in [-0.2, -0.15) is 0 Å². The zero-order chi connectivity index (χ0) is 9.10. The third-order valence-corrected chi connectivity index (χ3v) is 2.33. The zero-order valence-electron chi connectivity index (χ0n) is 7.10. The summed E-state index contributed by atoms with van der Waals surface area (Å²) in [6.45, 7) is 0. The lowest BCUT2D eigenvalue weighted by Gasteiger charge is -2.08. The maximum Gasteiger partial charge on any atom is 0.0713 e. The van der Waals surface area contributed by atoms with E-state index in [0.29, 0.717) is 0 Å². The first-order valence-electron chi connectivity index (χ1n) is 4.19. The van der Waals surface area contributed by atoms with Gasteiger partial charge in [-0.25, -0.2) is 0 Å². The van der Waals surface area contributed by atoms with Gasteiger partial charge in [0.25, 0.3) is 0 Å². The van der Waals surface area contributed by atoms with Crippen molar-refractivity contribution in [3.63, 3.8) is 0 Å². The van der Waals surface area contributed by atoms with Crippen LogP contribution in [0.3, 0.4) is 0 Å². The molecule has 1 heterocycles. The van der Waals surface area contributed by atoms with Gasteiger partial charge in [0.15, 0.2) is 0 Å². The summed E-state index contributed by atoms with van der Waals surface area (Å²) in [6.07, 6.45) is 8.76. The Bertz CT molecular complexity index is 376. The van der Waals surface area contributed by atoms with Crippen LogP contribution in [0.5, 0.6) is 0 Å². The largest absolute Gasteiger partial charge is 0.256 e. The van der Waals surface area contributed by atoms with Gasteiger partial charge in [0, 0.05) is 23.1 Å². The van der Waals surface area contributed by atoms with Gasteiger partial charge in [0.1, 0.15) is 0 Å². The van der Waals surface area contributed by atoms with E-state index in [1.165, 1.54) is 0 Å². The maximum absolute atomic E-state index is 5.25. The number of pyridine rings is 1. The van der Waals surface area contributed by atoms with Crippen molar-refractivity contribution in [3.8, 4) is 0 Å². The van der Waals surface area contributed by atoms with Crippen molar-refractivity contribution in [3.05, 3.63) is 48.3 Å². The predicted molar refractivity (Wildman–Crippen MR) is 58.6 cm³/mol. The molecule has 1 aromatic rings. The maximum atomic E-state index is 5.25. The molecule has 1 aliphatic rings. The molecule has 0 aliphatic heterocycles. The minimum atomic E-state index is 0.859. The quantitative estimate of drug-likeness (QED) is 0.627. The van der Waals surface area contributed by atoms with E-state index in [1.807, 2.05) is 30.4 Å². The Morgan fingerprint density at radius 3 is 2.92 bits per heavy atom. The van der Waals surface area contributed by atoms with E-state index >= 15 is 0 Å². The Morgan fingerprint density at radius 1 is 1.31 bits per heavy atom. The highest BCUT2D eigenvalue weighted by Crippen LogP contribution is 2.19. The van der Waals surface area contributed by atoms with Crippen molar-refractivity contribution in [1.82, 2.24) is 4.98 Å². The lowest BCUT2D eigenvalue weighted by Crippen LogP contribution is -2.01. The van der Waals surface area contributed by atoms with Gasteiger partial charge >= 0.3 is 0 Å². The van der Waals surface area contributed by atoms with Crippen molar-refractivity contribution in [2.75, 3.05) is 0 Å². The topological polar surface area (TPSA) is 12.9 Å². The van der Waals surface area contributed by atoms with Crippen molar-refractivity contribution in [1.29, 1.82) is 0 Å². The molecule has 0 spiro atoms. The molecule has 0 saturated heterocycles. The van der Waals surface area contributed by atoms with Crippen LogP contribution in [0.2, 0.25) is 0 Å². The molecule has 0 amide bonds.